The zero-order chi connectivity index (χ0) is 10.7. The van der Waals surface area contributed by atoms with E-state index in [1.54, 1.807) is 6.07 Å². The van der Waals surface area contributed by atoms with E-state index in [4.69, 9.17) is 5.11 Å². The average Bonchev–Trinajstić information content (AvgIpc) is 2.30. The smallest absolute Gasteiger partial charge is 0.106 e. The summed E-state index contributed by atoms with van der Waals surface area (Å²) in [6, 6.07) is 5.47. The number of pyridine rings is 1. The van der Waals surface area contributed by atoms with Crippen molar-refractivity contribution in [3.8, 4) is 0 Å². The zero-order valence-corrected chi connectivity index (χ0v) is 8.82. The van der Waals surface area contributed by atoms with Crippen LogP contribution in [0.4, 0.5) is 0 Å². The lowest BCUT2D eigenvalue weighted by atomic mass is 9.82. The molecular formula is C12H17NO2. The van der Waals surface area contributed by atoms with Crippen molar-refractivity contribution in [3.63, 3.8) is 0 Å². The van der Waals surface area contributed by atoms with Gasteiger partial charge in [-0.15, -0.1) is 0 Å². The Morgan fingerprint density at radius 2 is 1.93 bits per heavy atom. The van der Waals surface area contributed by atoms with Gasteiger partial charge in [-0.05, 0) is 25.0 Å². The Kier molecular flexibility index (Phi) is 3.03. The predicted octanol–water partition coefficient (Wildman–Crippen LogP) is 1.73. The average molecular weight is 207 g/mol. The van der Waals surface area contributed by atoms with Gasteiger partial charge in [-0.3, -0.25) is 4.98 Å². The van der Waals surface area contributed by atoms with Gasteiger partial charge in [0.25, 0.3) is 0 Å². The Hall–Kier alpha value is -0.930. The number of hydrogen-bond donors (Lipinski definition) is 2. The molecule has 0 aromatic carbocycles. The molecule has 0 radical (unpaired) electrons. The molecule has 0 unspecified atom stereocenters. The SMILES string of the molecule is OCc1cccc(C2(O)CCCCC2)n1. The fourth-order valence-electron chi connectivity index (χ4n) is 2.22. The highest BCUT2D eigenvalue weighted by Gasteiger charge is 2.32. The molecule has 0 atom stereocenters. The van der Waals surface area contributed by atoms with Gasteiger partial charge in [-0.2, -0.15) is 0 Å². The third kappa shape index (κ3) is 2.19. The Balaban J connectivity index is 2.26. The second-order valence-electron chi connectivity index (χ2n) is 4.26. The van der Waals surface area contributed by atoms with E-state index in [0.29, 0.717) is 11.4 Å². The van der Waals surface area contributed by atoms with Gasteiger partial charge in [-0.25, -0.2) is 0 Å². The summed E-state index contributed by atoms with van der Waals surface area (Å²) in [6.45, 7) is -0.0656. The molecule has 0 spiro atoms. The van der Waals surface area contributed by atoms with Crippen LogP contribution in [-0.4, -0.2) is 15.2 Å². The largest absolute Gasteiger partial charge is 0.390 e. The van der Waals surface area contributed by atoms with Crippen LogP contribution in [0.2, 0.25) is 0 Å². The zero-order valence-electron chi connectivity index (χ0n) is 8.82. The third-order valence-electron chi connectivity index (χ3n) is 3.13. The molecule has 15 heavy (non-hydrogen) atoms. The van der Waals surface area contributed by atoms with Crippen LogP contribution >= 0.6 is 0 Å². The lowest BCUT2D eigenvalue weighted by molar-refractivity contribution is -0.00494. The van der Waals surface area contributed by atoms with Crippen molar-refractivity contribution in [2.45, 2.75) is 44.3 Å². The summed E-state index contributed by atoms with van der Waals surface area (Å²) in [4.78, 5) is 4.29. The topological polar surface area (TPSA) is 53.4 Å². The van der Waals surface area contributed by atoms with Crippen LogP contribution in [0.15, 0.2) is 18.2 Å². The van der Waals surface area contributed by atoms with Crippen LogP contribution in [0.3, 0.4) is 0 Å². The monoisotopic (exact) mass is 207 g/mol. The van der Waals surface area contributed by atoms with Gasteiger partial charge >= 0.3 is 0 Å². The van der Waals surface area contributed by atoms with Crippen molar-refractivity contribution >= 4 is 0 Å². The van der Waals surface area contributed by atoms with E-state index >= 15 is 0 Å². The summed E-state index contributed by atoms with van der Waals surface area (Å²) < 4.78 is 0. The standard InChI is InChI=1S/C12H17NO2/c14-9-10-5-4-6-11(13-10)12(15)7-2-1-3-8-12/h4-6,14-15H,1-3,7-9H2. The summed E-state index contributed by atoms with van der Waals surface area (Å²) in [6.07, 6.45) is 4.88. The normalized spacial score (nSPS) is 20.1. The number of aliphatic hydroxyl groups excluding tert-OH is 1. The predicted molar refractivity (Wildman–Crippen MR) is 57.1 cm³/mol. The molecule has 0 bridgehead atoms. The van der Waals surface area contributed by atoms with Crippen LogP contribution in [0.5, 0.6) is 0 Å². The molecule has 1 fully saturated rings. The van der Waals surface area contributed by atoms with E-state index in [2.05, 4.69) is 4.98 Å². The molecule has 2 rings (SSSR count). The molecule has 0 amide bonds. The minimum Gasteiger partial charge on any atom is -0.390 e. The first-order valence-corrected chi connectivity index (χ1v) is 5.54. The number of nitrogens with zero attached hydrogens (tertiary/aromatic N) is 1. The molecule has 2 N–H and O–H groups in total. The van der Waals surface area contributed by atoms with Crippen LogP contribution in [0, 0.1) is 0 Å². The van der Waals surface area contributed by atoms with Crippen molar-refractivity contribution in [1.82, 2.24) is 4.98 Å². The van der Waals surface area contributed by atoms with E-state index in [1.807, 2.05) is 12.1 Å². The van der Waals surface area contributed by atoms with Gasteiger partial charge in [0.1, 0.15) is 5.60 Å². The molecule has 1 aromatic rings. The summed E-state index contributed by atoms with van der Waals surface area (Å²) in [5, 5.41) is 19.4. The number of rotatable bonds is 2. The highest BCUT2D eigenvalue weighted by atomic mass is 16.3. The van der Waals surface area contributed by atoms with Crippen LogP contribution in [-0.2, 0) is 12.2 Å². The lowest BCUT2D eigenvalue weighted by Gasteiger charge is -2.31. The van der Waals surface area contributed by atoms with Crippen LogP contribution in [0.1, 0.15) is 43.5 Å². The van der Waals surface area contributed by atoms with Crippen molar-refractivity contribution < 1.29 is 10.2 Å². The molecule has 0 saturated heterocycles. The van der Waals surface area contributed by atoms with Crippen LogP contribution in [0.25, 0.3) is 0 Å². The molecule has 1 saturated carbocycles. The van der Waals surface area contributed by atoms with Crippen molar-refractivity contribution in [2.75, 3.05) is 0 Å². The van der Waals surface area contributed by atoms with Gasteiger partial charge in [-0.1, -0.05) is 25.3 Å². The van der Waals surface area contributed by atoms with Crippen molar-refractivity contribution in [1.29, 1.82) is 0 Å². The fourth-order valence-corrected chi connectivity index (χ4v) is 2.22. The molecule has 1 aromatic heterocycles. The Morgan fingerprint density at radius 1 is 1.20 bits per heavy atom. The first-order valence-electron chi connectivity index (χ1n) is 5.54. The number of aliphatic hydroxyl groups is 2. The maximum absolute atomic E-state index is 10.4. The number of hydrogen-bond acceptors (Lipinski definition) is 3. The summed E-state index contributed by atoms with van der Waals surface area (Å²) in [5.74, 6) is 0. The van der Waals surface area contributed by atoms with Gasteiger partial charge in [0.05, 0.1) is 18.0 Å². The summed E-state index contributed by atoms with van der Waals surface area (Å²) in [7, 11) is 0. The minimum absolute atomic E-state index is 0.0656. The van der Waals surface area contributed by atoms with Crippen molar-refractivity contribution in [2.24, 2.45) is 0 Å². The lowest BCUT2D eigenvalue weighted by Crippen LogP contribution is -2.29. The molecule has 0 aliphatic heterocycles. The fraction of sp³-hybridized carbons (Fsp3) is 0.583. The molecular weight excluding hydrogens is 190 g/mol. The first-order chi connectivity index (χ1) is 7.24. The first kappa shape index (κ1) is 10.6. The van der Waals surface area contributed by atoms with Gasteiger partial charge < -0.3 is 10.2 Å². The van der Waals surface area contributed by atoms with E-state index in [0.717, 1.165) is 25.7 Å². The van der Waals surface area contributed by atoms with E-state index in [1.165, 1.54) is 6.42 Å². The number of aromatic nitrogens is 1. The van der Waals surface area contributed by atoms with Crippen molar-refractivity contribution in [3.05, 3.63) is 29.6 Å². The molecule has 3 heteroatoms. The van der Waals surface area contributed by atoms with E-state index in [-0.39, 0.29) is 6.61 Å². The second-order valence-corrected chi connectivity index (χ2v) is 4.26. The third-order valence-corrected chi connectivity index (χ3v) is 3.13. The molecule has 1 aliphatic rings. The maximum Gasteiger partial charge on any atom is 0.106 e. The van der Waals surface area contributed by atoms with Gasteiger partial charge in [0, 0.05) is 0 Å². The van der Waals surface area contributed by atoms with E-state index < -0.39 is 5.60 Å². The minimum atomic E-state index is -0.760. The Labute approximate surface area is 89.8 Å². The Morgan fingerprint density at radius 3 is 2.60 bits per heavy atom. The molecule has 1 aliphatic carbocycles. The highest BCUT2D eigenvalue weighted by Crippen LogP contribution is 2.35. The Bertz CT molecular complexity index is 332. The second kappa shape index (κ2) is 4.29. The van der Waals surface area contributed by atoms with E-state index in [9.17, 15) is 5.11 Å². The van der Waals surface area contributed by atoms with Gasteiger partial charge in [0.2, 0.25) is 0 Å². The maximum atomic E-state index is 10.4. The molecule has 1 heterocycles. The summed E-state index contributed by atoms with van der Waals surface area (Å²) >= 11 is 0. The van der Waals surface area contributed by atoms with Gasteiger partial charge in [0.15, 0.2) is 0 Å². The summed E-state index contributed by atoms with van der Waals surface area (Å²) in [5.41, 5.74) is 0.587. The quantitative estimate of drug-likeness (QED) is 0.776. The highest BCUT2D eigenvalue weighted by molar-refractivity contribution is 5.17. The molecule has 82 valence electrons. The molecule has 3 nitrogen and oxygen atoms in total. The van der Waals surface area contributed by atoms with Crippen LogP contribution < -0.4 is 0 Å².